The fraction of sp³-hybridized carbons (Fsp3) is 0.529. The van der Waals surface area contributed by atoms with Crippen LogP contribution in [-0.4, -0.2) is 28.5 Å². The highest BCUT2D eigenvalue weighted by atomic mass is 15.2. The van der Waals surface area contributed by atoms with Crippen LogP contribution in [0.5, 0.6) is 0 Å². The highest BCUT2D eigenvalue weighted by Gasteiger charge is 2.23. The molecule has 1 aliphatic rings. The molecule has 1 fully saturated rings. The summed E-state index contributed by atoms with van der Waals surface area (Å²) in [5.74, 6) is 0. The molecule has 2 aromatic rings. The van der Waals surface area contributed by atoms with Crippen LogP contribution in [0.2, 0.25) is 0 Å². The number of aromatic nitrogens is 1. The first-order chi connectivity index (χ1) is 9.69. The summed E-state index contributed by atoms with van der Waals surface area (Å²) in [4.78, 5) is 6.03. The molecule has 0 aliphatic carbocycles. The smallest absolute Gasteiger partial charge is 0.0489 e. The number of benzene rings is 1. The van der Waals surface area contributed by atoms with E-state index in [1.165, 1.54) is 22.0 Å². The van der Waals surface area contributed by atoms with Gasteiger partial charge in [-0.2, -0.15) is 0 Å². The number of nitrogens with one attached hydrogen (secondary N) is 1. The number of aromatic amines is 1. The van der Waals surface area contributed by atoms with Crippen LogP contribution in [0.1, 0.15) is 37.8 Å². The quantitative estimate of drug-likeness (QED) is 0.901. The van der Waals surface area contributed by atoms with Gasteiger partial charge in [0.15, 0.2) is 0 Å². The summed E-state index contributed by atoms with van der Waals surface area (Å²) in [6, 6.07) is 7.59. The lowest BCUT2D eigenvalue weighted by molar-refractivity contribution is 0.140. The molecule has 1 aromatic heterocycles. The average Bonchev–Trinajstić information content (AvgIpc) is 2.85. The molecule has 0 bridgehead atoms. The molecule has 1 aliphatic heterocycles. The van der Waals surface area contributed by atoms with Crippen molar-refractivity contribution in [1.29, 1.82) is 0 Å². The predicted molar refractivity (Wildman–Crippen MR) is 84.8 cm³/mol. The maximum Gasteiger partial charge on any atom is 0.0489 e. The standard InChI is InChI=1S/C17H25N3/c1-3-13-5-4-6-16-14(10-19-17(13)16)11-20-8-7-15(18)9-12(20)2/h4-6,10,12,15,19H,3,7-9,11,18H2,1-2H3. The molecule has 0 radical (unpaired) electrons. The van der Waals surface area contributed by atoms with Crippen molar-refractivity contribution in [3.05, 3.63) is 35.5 Å². The first-order valence-electron chi connectivity index (χ1n) is 7.76. The first-order valence-corrected chi connectivity index (χ1v) is 7.76. The van der Waals surface area contributed by atoms with Gasteiger partial charge in [0.2, 0.25) is 0 Å². The average molecular weight is 271 g/mol. The molecule has 3 N–H and O–H groups in total. The van der Waals surface area contributed by atoms with Gasteiger partial charge in [-0.25, -0.2) is 0 Å². The number of fused-ring (bicyclic) bond motifs is 1. The van der Waals surface area contributed by atoms with Gasteiger partial charge in [-0.05, 0) is 37.3 Å². The number of rotatable bonds is 3. The molecular formula is C17H25N3. The molecular weight excluding hydrogens is 246 g/mol. The summed E-state index contributed by atoms with van der Waals surface area (Å²) < 4.78 is 0. The lowest BCUT2D eigenvalue weighted by Crippen LogP contribution is -2.44. The van der Waals surface area contributed by atoms with E-state index in [2.05, 4.69) is 48.1 Å². The normalized spacial score (nSPS) is 24.4. The molecule has 0 saturated carbocycles. The Labute approximate surface area is 121 Å². The van der Waals surface area contributed by atoms with E-state index < -0.39 is 0 Å². The summed E-state index contributed by atoms with van der Waals surface area (Å²) >= 11 is 0. The van der Waals surface area contributed by atoms with Crippen LogP contribution in [0, 0.1) is 0 Å². The van der Waals surface area contributed by atoms with Crippen LogP contribution >= 0.6 is 0 Å². The molecule has 3 heteroatoms. The van der Waals surface area contributed by atoms with E-state index in [0.29, 0.717) is 12.1 Å². The van der Waals surface area contributed by atoms with Crippen molar-refractivity contribution in [2.75, 3.05) is 6.54 Å². The second-order valence-corrected chi connectivity index (χ2v) is 6.11. The molecule has 2 atom stereocenters. The van der Waals surface area contributed by atoms with E-state index in [1.807, 2.05) is 0 Å². The van der Waals surface area contributed by atoms with Crippen LogP contribution in [0.3, 0.4) is 0 Å². The Bertz CT molecular complexity index is 587. The van der Waals surface area contributed by atoms with Gasteiger partial charge in [0, 0.05) is 42.3 Å². The number of para-hydroxylation sites is 1. The van der Waals surface area contributed by atoms with Crippen molar-refractivity contribution < 1.29 is 0 Å². The minimum Gasteiger partial charge on any atom is -0.361 e. The third-order valence-electron chi connectivity index (χ3n) is 4.70. The summed E-state index contributed by atoms with van der Waals surface area (Å²) in [5, 5.41) is 1.38. The fourth-order valence-electron chi connectivity index (χ4n) is 3.41. The first kappa shape index (κ1) is 13.7. The van der Waals surface area contributed by atoms with E-state index >= 15 is 0 Å². The van der Waals surface area contributed by atoms with Gasteiger partial charge in [0.1, 0.15) is 0 Å². The number of hydrogen-bond donors (Lipinski definition) is 2. The SMILES string of the molecule is CCc1cccc2c(CN3CCC(N)CC3C)c[nH]c12. The predicted octanol–water partition coefficient (Wildman–Crippen LogP) is 3.04. The Morgan fingerprint density at radius 3 is 2.95 bits per heavy atom. The van der Waals surface area contributed by atoms with E-state index in [9.17, 15) is 0 Å². The summed E-state index contributed by atoms with van der Waals surface area (Å²) in [6.07, 6.45) is 5.49. The maximum absolute atomic E-state index is 6.06. The van der Waals surface area contributed by atoms with Crippen LogP contribution in [0.15, 0.2) is 24.4 Å². The number of H-pyrrole nitrogens is 1. The molecule has 2 heterocycles. The molecule has 108 valence electrons. The molecule has 1 saturated heterocycles. The zero-order valence-electron chi connectivity index (χ0n) is 12.5. The Kier molecular flexibility index (Phi) is 3.81. The number of likely N-dealkylation sites (tertiary alicyclic amines) is 1. The van der Waals surface area contributed by atoms with E-state index in [-0.39, 0.29) is 0 Å². The van der Waals surface area contributed by atoms with Gasteiger partial charge in [-0.3, -0.25) is 4.90 Å². The van der Waals surface area contributed by atoms with Gasteiger partial charge < -0.3 is 10.7 Å². The number of nitrogens with two attached hydrogens (primary N) is 1. The second-order valence-electron chi connectivity index (χ2n) is 6.11. The number of hydrogen-bond acceptors (Lipinski definition) is 2. The van der Waals surface area contributed by atoms with Crippen molar-refractivity contribution in [3.8, 4) is 0 Å². The van der Waals surface area contributed by atoms with Crippen molar-refractivity contribution in [2.45, 2.75) is 51.7 Å². The van der Waals surface area contributed by atoms with E-state index in [0.717, 1.165) is 32.4 Å². The van der Waals surface area contributed by atoms with Crippen LogP contribution < -0.4 is 5.73 Å². The molecule has 0 amide bonds. The molecule has 2 unspecified atom stereocenters. The Hall–Kier alpha value is -1.32. The number of aryl methyl sites for hydroxylation is 1. The highest BCUT2D eigenvalue weighted by molar-refractivity contribution is 5.86. The number of nitrogens with zero attached hydrogens (tertiary/aromatic N) is 1. The van der Waals surface area contributed by atoms with Crippen LogP contribution in [0.4, 0.5) is 0 Å². The minimum atomic E-state index is 0.385. The third-order valence-corrected chi connectivity index (χ3v) is 4.70. The van der Waals surface area contributed by atoms with Gasteiger partial charge in [-0.15, -0.1) is 0 Å². The summed E-state index contributed by atoms with van der Waals surface area (Å²) in [6.45, 7) is 6.65. The zero-order chi connectivity index (χ0) is 14.1. The van der Waals surface area contributed by atoms with E-state index in [4.69, 9.17) is 5.73 Å². The van der Waals surface area contributed by atoms with Crippen molar-refractivity contribution in [3.63, 3.8) is 0 Å². The van der Waals surface area contributed by atoms with Gasteiger partial charge in [-0.1, -0.05) is 25.1 Å². The Morgan fingerprint density at radius 2 is 2.20 bits per heavy atom. The molecule has 20 heavy (non-hydrogen) atoms. The van der Waals surface area contributed by atoms with Crippen molar-refractivity contribution in [2.24, 2.45) is 5.73 Å². The van der Waals surface area contributed by atoms with Gasteiger partial charge in [0.25, 0.3) is 0 Å². The molecule has 1 aromatic carbocycles. The lowest BCUT2D eigenvalue weighted by Gasteiger charge is -2.36. The number of piperidine rings is 1. The molecule has 0 spiro atoms. The van der Waals surface area contributed by atoms with Crippen molar-refractivity contribution >= 4 is 10.9 Å². The zero-order valence-corrected chi connectivity index (χ0v) is 12.5. The second kappa shape index (κ2) is 5.58. The highest BCUT2D eigenvalue weighted by Crippen LogP contribution is 2.25. The van der Waals surface area contributed by atoms with Gasteiger partial charge in [0.05, 0.1) is 0 Å². The maximum atomic E-state index is 6.06. The third kappa shape index (κ3) is 2.48. The van der Waals surface area contributed by atoms with E-state index in [1.54, 1.807) is 0 Å². The topological polar surface area (TPSA) is 45.0 Å². The van der Waals surface area contributed by atoms with Crippen LogP contribution in [0.25, 0.3) is 10.9 Å². The largest absolute Gasteiger partial charge is 0.361 e. The Morgan fingerprint density at radius 1 is 1.35 bits per heavy atom. The summed E-state index contributed by atoms with van der Waals surface area (Å²) in [5.41, 5.74) is 10.2. The fourth-order valence-corrected chi connectivity index (χ4v) is 3.41. The minimum absolute atomic E-state index is 0.385. The van der Waals surface area contributed by atoms with Gasteiger partial charge >= 0.3 is 0 Å². The monoisotopic (exact) mass is 271 g/mol. The molecule has 3 rings (SSSR count). The van der Waals surface area contributed by atoms with Crippen LogP contribution in [-0.2, 0) is 13.0 Å². The Balaban J connectivity index is 1.84. The van der Waals surface area contributed by atoms with Crippen molar-refractivity contribution in [1.82, 2.24) is 9.88 Å². The molecule has 3 nitrogen and oxygen atoms in total. The lowest BCUT2D eigenvalue weighted by atomic mass is 9.98. The summed E-state index contributed by atoms with van der Waals surface area (Å²) in [7, 11) is 0.